The molecule has 3 heteroatoms. The molecule has 2 rings (SSSR count). The van der Waals surface area contributed by atoms with Crippen molar-refractivity contribution in [2.24, 2.45) is 0 Å². The highest BCUT2D eigenvalue weighted by molar-refractivity contribution is 5.54. The second-order valence-electron chi connectivity index (χ2n) is 3.66. The molecule has 0 bridgehead atoms. The van der Waals surface area contributed by atoms with Crippen molar-refractivity contribution in [3.63, 3.8) is 0 Å². The van der Waals surface area contributed by atoms with E-state index in [9.17, 15) is 4.39 Å². The molecule has 76 valence electrons. The van der Waals surface area contributed by atoms with Crippen molar-refractivity contribution in [2.45, 2.75) is 18.8 Å². The zero-order chi connectivity index (χ0) is 9.97. The molecule has 1 atom stereocenters. The minimum atomic E-state index is -0.208. The Bertz CT molecular complexity index is 327. The van der Waals surface area contributed by atoms with Gasteiger partial charge < -0.3 is 10.4 Å². The summed E-state index contributed by atoms with van der Waals surface area (Å²) in [5.74, 6) is 0.165. The lowest BCUT2D eigenvalue weighted by atomic mass is 9.89. The van der Waals surface area contributed by atoms with Gasteiger partial charge in [0.25, 0.3) is 0 Å². The fourth-order valence-corrected chi connectivity index (χ4v) is 2.03. The van der Waals surface area contributed by atoms with Crippen molar-refractivity contribution in [2.75, 3.05) is 18.5 Å². The van der Waals surface area contributed by atoms with Gasteiger partial charge in [-0.3, -0.25) is 0 Å². The number of aliphatic hydroxyl groups is 1. The number of fused-ring (bicyclic) bond motifs is 1. The number of hydrogen-bond acceptors (Lipinski definition) is 2. The number of rotatable bonds is 2. The number of anilines is 1. The Balaban J connectivity index is 2.30. The number of benzene rings is 1. The molecular formula is C11H14FNO. The second-order valence-corrected chi connectivity index (χ2v) is 3.66. The molecule has 0 amide bonds. The van der Waals surface area contributed by atoms with Gasteiger partial charge in [-0.15, -0.1) is 0 Å². The van der Waals surface area contributed by atoms with E-state index in [1.807, 2.05) is 6.07 Å². The summed E-state index contributed by atoms with van der Waals surface area (Å²) in [5.41, 5.74) is 2.02. The molecule has 0 aliphatic carbocycles. The maximum Gasteiger partial charge on any atom is 0.125 e. The minimum Gasteiger partial charge on any atom is -0.396 e. The van der Waals surface area contributed by atoms with Crippen molar-refractivity contribution in [3.8, 4) is 0 Å². The number of hydrogen-bond donors (Lipinski definition) is 2. The van der Waals surface area contributed by atoms with Gasteiger partial charge in [-0.2, -0.15) is 0 Å². The van der Waals surface area contributed by atoms with E-state index in [2.05, 4.69) is 5.32 Å². The summed E-state index contributed by atoms with van der Waals surface area (Å²) >= 11 is 0. The van der Waals surface area contributed by atoms with Gasteiger partial charge in [0.2, 0.25) is 0 Å². The van der Waals surface area contributed by atoms with Crippen LogP contribution in [0.2, 0.25) is 0 Å². The Morgan fingerprint density at radius 2 is 2.36 bits per heavy atom. The fourth-order valence-electron chi connectivity index (χ4n) is 2.03. The average molecular weight is 195 g/mol. The number of halogens is 1. The van der Waals surface area contributed by atoms with Crippen LogP contribution in [0.4, 0.5) is 10.1 Å². The zero-order valence-corrected chi connectivity index (χ0v) is 7.96. The van der Waals surface area contributed by atoms with E-state index in [0.717, 1.165) is 30.6 Å². The monoisotopic (exact) mass is 195 g/mol. The fraction of sp³-hybridized carbons (Fsp3) is 0.455. The van der Waals surface area contributed by atoms with Gasteiger partial charge in [0.1, 0.15) is 5.82 Å². The molecule has 1 heterocycles. The van der Waals surface area contributed by atoms with Crippen LogP contribution in [0.1, 0.15) is 24.3 Å². The van der Waals surface area contributed by atoms with E-state index >= 15 is 0 Å². The molecule has 2 nitrogen and oxygen atoms in total. The Morgan fingerprint density at radius 3 is 3.14 bits per heavy atom. The first-order valence-corrected chi connectivity index (χ1v) is 4.95. The summed E-state index contributed by atoms with van der Waals surface area (Å²) in [6.45, 7) is 1.06. The van der Waals surface area contributed by atoms with Crippen LogP contribution in [0.5, 0.6) is 0 Å². The van der Waals surface area contributed by atoms with E-state index in [4.69, 9.17) is 5.11 Å². The van der Waals surface area contributed by atoms with Crippen molar-refractivity contribution in [1.82, 2.24) is 0 Å². The molecule has 14 heavy (non-hydrogen) atoms. The summed E-state index contributed by atoms with van der Waals surface area (Å²) in [7, 11) is 0. The summed E-state index contributed by atoms with van der Waals surface area (Å²) in [4.78, 5) is 0. The van der Waals surface area contributed by atoms with Gasteiger partial charge in [0.15, 0.2) is 0 Å². The first-order valence-electron chi connectivity index (χ1n) is 4.95. The van der Waals surface area contributed by atoms with Crippen molar-refractivity contribution in [1.29, 1.82) is 0 Å². The molecule has 1 aromatic rings. The van der Waals surface area contributed by atoms with Gasteiger partial charge in [0, 0.05) is 18.8 Å². The third kappa shape index (κ3) is 1.73. The standard InChI is InChI=1S/C11H14FNO/c12-9-1-2-10-8(4-6-14)3-5-13-11(10)7-9/h1-2,7-8,13-14H,3-6H2. The quantitative estimate of drug-likeness (QED) is 0.757. The smallest absolute Gasteiger partial charge is 0.125 e. The van der Waals surface area contributed by atoms with E-state index in [1.54, 1.807) is 0 Å². The number of aliphatic hydroxyl groups excluding tert-OH is 1. The molecule has 0 radical (unpaired) electrons. The lowest BCUT2D eigenvalue weighted by Crippen LogP contribution is -2.17. The van der Waals surface area contributed by atoms with Crippen LogP contribution in [0.3, 0.4) is 0 Å². The molecule has 1 aliphatic rings. The van der Waals surface area contributed by atoms with Crippen molar-refractivity contribution in [3.05, 3.63) is 29.6 Å². The lowest BCUT2D eigenvalue weighted by molar-refractivity contribution is 0.273. The van der Waals surface area contributed by atoms with Crippen LogP contribution in [0.25, 0.3) is 0 Å². The van der Waals surface area contributed by atoms with Crippen molar-refractivity contribution >= 4 is 5.69 Å². The molecule has 0 saturated heterocycles. The van der Waals surface area contributed by atoms with Crippen LogP contribution in [-0.2, 0) is 0 Å². The highest BCUT2D eigenvalue weighted by Gasteiger charge is 2.19. The summed E-state index contributed by atoms with van der Waals surface area (Å²) in [6.07, 6.45) is 1.78. The highest BCUT2D eigenvalue weighted by atomic mass is 19.1. The summed E-state index contributed by atoms with van der Waals surface area (Å²) in [5, 5.41) is 12.1. The zero-order valence-electron chi connectivity index (χ0n) is 7.96. The Morgan fingerprint density at radius 1 is 1.50 bits per heavy atom. The molecule has 0 aromatic heterocycles. The van der Waals surface area contributed by atoms with E-state index in [-0.39, 0.29) is 12.4 Å². The SMILES string of the molecule is OCCC1CCNc2cc(F)ccc21. The first-order chi connectivity index (χ1) is 6.81. The summed E-state index contributed by atoms with van der Waals surface area (Å²) < 4.78 is 12.9. The second kappa shape index (κ2) is 3.96. The Kier molecular flexibility index (Phi) is 2.68. The van der Waals surface area contributed by atoms with E-state index < -0.39 is 0 Å². The molecular weight excluding hydrogens is 181 g/mol. The third-order valence-corrected chi connectivity index (χ3v) is 2.74. The largest absolute Gasteiger partial charge is 0.396 e. The predicted octanol–water partition coefficient (Wildman–Crippen LogP) is 2.11. The Labute approximate surface area is 82.8 Å². The predicted molar refractivity (Wildman–Crippen MR) is 54.0 cm³/mol. The molecule has 1 aromatic carbocycles. The first kappa shape index (κ1) is 9.46. The molecule has 1 unspecified atom stereocenters. The lowest BCUT2D eigenvalue weighted by Gasteiger charge is -2.26. The average Bonchev–Trinajstić information content (AvgIpc) is 2.18. The van der Waals surface area contributed by atoms with Crippen LogP contribution >= 0.6 is 0 Å². The van der Waals surface area contributed by atoms with Gasteiger partial charge in [0.05, 0.1) is 0 Å². The Hall–Kier alpha value is -1.09. The van der Waals surface area contributed by atoms with Crippen molar-refractivity contribution < 1.29 is 9.50 Å². The topological polar surface area (TPSA) is 32.3 Å². The highest BCUT2D eigenvalue weighted by Crippen LogP contribution is 2.33. The normalized spacial score (nSPS) is 20.0. The molecule has 0 saturated carbocycles. The molecule has 2 N–H and O–H groups in total. The number of nitrogens with one attached hydrogen (secondary N) is 1. The van der Waals surface area contributed by atoms with E-state index in [0.29, 0.717) is 5.92 Å². The maximum absolute atomic E-state index is 12.9. The molecule has 1 aliphatic heterocycles. The van der Waals surface area contributed by atoms with Crippen LogP contribution < -0.4 is 5.32 Å². The third-order valence-electron chi connectivity index (χ3n) is 2.74. The van der Waals surface area contributed by atoms with Gasteiger partial charge in [-0.25, -0.2) is 4.39 Å². The van der Waals surface area contributed by atoms with Crippen LogP contribution in [-0.4, -0.2) is 18.3 Å². The minimum absolute atomic E-state index is 0.196. The maximum atomic E-state index is 12.9. The van der Waals surface area contributed by atoms with E-state index in [1.165, 1.54) is 12.1 Å². The summed E-state index contributed by atoms with van der Waals surface area (Å²) in [6, 6.07) is 4.83. The van der Waals surface area contributed by atoms with Crippen LogP contribution in [0.15, 0.2) is 18.2 Å². The molecule has 0 fully saturated rings. The van der Waals surface area contributed by atoms with Gasteiger partial charge in [-0.1, -0.05) is 6.07 Å². The molecule has 0 spiro atoms. The van der Waals surface area contributed by atoms with Gasteiger partial charge >= 0.3 is 0 Å². The van der Waals surface area contributed by atoms with Crippen LogP contribution in [0, 0.1) is 5.82 Å². The van der Waals surface area contributed by atoms with Gasteiger partial charge in [-0.05, 0) is 36.5 Å².